The number of aromatic nitrogens is 1. The van der Waals surface area contributed by atoms with Crippen molar-refractivity contribution >= 4 is 40.4 Å². The normalized spacial score (nSPS) is 12.4. The maximum absolute atomic E-state index is 11.5. The fraction of sp³-hybridized carbons (Fsp3) is 0.381. The maximum Gasteiger partial charge on any atom is 0.303 e. The van der Waals surface area contributed by atoms with Gasteiger partial charge >= 0.3 is 5.97 Å². The minimum Gasteiger partial charge on any atom is -0.481 e. The van der Waals surface area contributed by atoms with Gasteiger partial charge in [-0.05, 0) is 30.7 Å². The van der Waals surface area contributed by atoms with Gasteiger partial charge in [0.05, 0.1) is 5.69 Å². The van der Waals surface area contributed by atoms with Crippen molar-refractivity contribution in [3.63, 3.8) is 0 Å². The predicted octanol–water partition coefficient (Wildman–Crippen LogP) is 5.51. The second-order valence-electron chi connectivity index (χ2n) is 6.90. The molecule has 0 saturated heterocycles. The van der Waals surface area contributed by atoms with E-state index in [0.29, 0.717) is 35.0 Å². The molecule has 2 rings (SSSR count). The van der Waals surface area contributed by atoms with E-state index in [1.165, 1.54) is 11.3 Å². The fourth-order valence-corrected chi connectivity index (χ4v) is 3.88. The zero-order valence-corrected chi connectivity index (χ0v) is 17.6. The summed E-state index contributed by atoms with van der Waals surface area (Å²) in [6, 6.07) is 7.47. The standard InChI is InChI=1S/C21H25ClN2O3S/c1-15(2)16(10-11-20(26)27)7-5-6-12-24(14-25)21-23-19(13-28-21)17-8-3-4-9-18(17)22/h3-6,8-9,13-16H,7,10-12H2,1-2H3,(H,26,27)/b6-5-/t16-/m0/s1. The number of amides is 1. The molecule has 1 aromatic heterocycles. The molecule has 150 valence electrons. The fourth-order valence-electron chi connectivity index (χ4n) is 2.85. The van der Waals surface area contributed by atoms with Crippen molar-refractivity contribution < 1.29 is 14.7 Å². The number of allylic oxidation sites excluding steroid dienone is 1. The molecule has 1 amide bonds. The van der Waals surface area contributed by atoms with E-state index in [9.17, 15) is 9.59 Å². The van der Waals surface area contributed by atoms with Gasteiger partial charge in [-0.2, -0.15) is 0 Å². The van der Waals surface area contributed by atoms with E-state index in [4.69, 9.17) is 16.7 Å². The Balaban J connectivity index is 1.97. The van der Waals surface area contributed by atoms with Crippen LogP contribution in [-0.2, 0) is 9.59 Å². The molecule has 28 heavy (non-hydrogen) atoms. The van der Waals surface area contributed by atoms with Gasteiger partial charge in [0.15, 0.2) is 5.13 Å². The van der Waals surface area contributed by atoms with E-state index in [2.05, 4.69) is 18.8 Å². The lowest BCUT2D eigenvalue weighted by Crippen LogP contribution is -2.20. The van der Waals surface area contributed by atoms with Gasteiger partial charge in [-0.25, -0.2) is 4.98 Å². The van der Waals surface area contributed by atoms with Crippen LogP contribution in [-0.4, -0.2) is 29.0 Å². The maximum atomic E-state index is 11.5. The summed E-state index contributed by atoms with van der Waals surface area (Å²) in [6.07, 6.45) is 6.35. The number of carboxylic acids is 1. The zero-order valence-electron chi connectivity index (χ0n) is 16.0. The molecule has 1 heterocycles. The molecule has 7 heteroatoms. The molecule has 1 N–H and O–H groups in total. The monoisotopic (exact) mass is 420 g/mol. The number of carboxylic acid groups (broad SMARTS) is 1. The summed E-state index contributed by atoms with van der Waals surface area (Å²) in [4.78, 5) is 28.4. The SMILES string of the molecule is CC(C)[C@@H](C/C=C\CN(C=O)c1nc(-c2ccccc2Cl)cs1)CCC(=O)O. The van der Waals surface area contributed by atoms with Gasteiger partial charge in [-0.15, -0.1) is 11.3 Å². The van der Waals surface area contributed by atoms with Gasteiger partial charge in [-0.3, -0.25) is 14.5 Å². The summed E-state index contributed by atoms with van der Waals surface area (Å²) in [5, 5.41) is 12.0. The van der Waals surface area contributed by atoms with E-state index in [-0.39, 0.29) is 6.42 Å². The first kappa shape index (κ1) is 22.1. The highest BCUT2D eigenvalue weighted by Crippen LogP contribution is 2.31. The number of rotatable bonds is 11. The Labute approximate surface area is 174 Å². The van der Waals surface area contributed by atoms with Crippen molar-refractivity contribution in [2.24, 2.45) is 11.8 Å². The Hall–Kier alpha value is -2.18. The molecular formula is C21H25ClN2O3S. The summed E-state index contributed by atoms with van der Waals surface area (Å²) in [7, 11) is 0. The highest BCUT2D eigenvalue weighted by molar-refractivity contribution is 7.14. The number of carbonyl (C=O) groups excluding carboxylic acids is 1. The highest BCUT2D eigenvalue weighted by atomic mass is 35.5. The number of anilines is 1. The van der Waals surface area contributed by atoms with Crippen molar-refractivity contribution in [2.75, 3.05) is 11.4 Å². The van der Waals surface area contributed by atoms with E-state index in [1.54, 1.807) is 4.90 Å². The minimum absolute atomic E-state index is 0.182. The van der Waals surface area contributed by atoms with E-state index >= 15 is 0 Å². The van der Waals surface area contributed by atoms with Crippen molar-refractivity contribution in [2.45, 2.75) is 33.1 Å². The lowest BCUT2D eigenvalue weighted by molar-refractivity contribution is -0.137. The number of aliphatic carboxylic acids is 1. The van der Waals surface area contributed by atoms with Crippen LogP contribution in [0.3, 0.4) is 0 Å². The third kappa shape index (κ3) is 6.46. The van der Waals surface area contributed by atoms with Gasteiger partial charge < -0.3 is 5.11 Å². The molecule has 0 saturated carbocycles. The molecule has 1 atom stereocenters. The lowest BCUT2D eigenvalue weighted by atomic mass is 9.88. The average molecular weight is 421 g/mol. The first-order valence-corrected chi connectivity index (χ1v) is 10.5. The molecule has 5 nitrogen and oxygen atoms in total. The molecule has 0 aliphatic rings. The molecule has 0 aliphatic carbocycles. The van der Waals surface area contributed by atoms with Crippen molar-refractivity contribution in [3.8, 4) is 11.3 Å². The second kappa shape index (κ2) is 11.0. The molecule has 2 aromatic rings. The Bertz CT molecular complexity index is 819. The minimum atomic E-state index is -0.764. The summed E-state index contributed by atoms with van der Waals surface area (Å²) >= 11 is 7.61. The quantitative estimate of drug-likeness (QED) is 0.384. The Morgan fingerprint density at radius 1 is 1.32 bits per heavy atom. The van der Waals surface area contributed by atoms with Crippen LogP contribution in [0.2, 0.25) is 5.02 Å². The van der Waals surface area contributed by atoms with Gasteiger partial charge in [0.2, 0.25) is 6.41 Å². The summed E-state index contributed by atoms with van der Waals surface area (Å²) in [5.74, 6) is -0.0492. The van der Waals surface area contributed by atoms with Gasteiger partial charge in [0.1, 0.15) is 0 Å². The molecule has 0 radical (unpaired) electrons. The van der Waals surface area contributed by atoms with Crippen LogP contribution in [0.5, 0.6) is 0 Å². The van der Waals surface area contributed by atoms with Crippen LogP contribution in [0.4, 0.5) is 5.13 Å². The number of carbonyl (C=O) groups is 2. The second-order valence-corrected chi connectivity index (χ2v) is 8.14. The molecule has 0 aliphatic heterocycles. The van der Waals surface area contributed by atoms with Gasteiger partial charge in [0, 0.05) is 28.9 Å². The number of thiazole rings is 1. The number of benzene rings is 1. The third-order valence-electron chi connectivity index (χ3n) is 4.59. The van der Waals surface area contributed by atoms with Gasteiger partial charge in [0.25, 0.3) is 0 Å². The number of hydrogen-bond acceptors (Lipinski definition) is 4. The van der Waals surface area contributed by atoms with Crippen molar-refractivity contribution in [1.29, 1.82) is 0 Å². The zero-order chi connectivity index (χ0) is 20.5. The number of hydrogen-bond donors (Lipinski definition) is 1. The van der Waals surface area contributed by atoms with Gasteiger partial charge in [-0.1, -0.05) is 55.8 Å². The van der Waals surface area contributed by atoms with E-state index < -0.39 is 5.97 Å². The van der Waals surface area contributed by atoms with Crippen LogP contribution < -0.4 is 4.90 Å². The predicted molar refractivity (Wildman–Crippen MR) is 115 cm³/mol. The van der Waals surface area contributed by atoms with E-state index in [1.807, 2.05) is 41.8 Å². The van der Waals surface area contributed by atoms with Crippen LogP contribution in [0.25, 0.3) is 11.3 Å². The Kier molecular flexibility index (Phi) is 8.67. The van der Waals surface area contributed by atoms with Crippen LogP contribution in [0.15, 0.2) is 41.8 Å². The first-order chi connectivity index (χ1) is 13.4. The van der Waals surface area contributed by atoms with Crippen molar-refractivity contribution in [1.82, 2.24) is 4.98 Å². The van der Waals surface area contributed by atoms with E-state index in [0.717, 1.165) is 24.1 Å². The highest BCUT2D eigenvalue weighted by Gasteiger charge is 2.14. The Morgan fingerprint density at radius 2 is 2.07 bits per heavy atom. The molecule has 0 fully saturated rings. The lowest BCUT2D eigenvalue weighted by Gasteiger charge is -2.18. The summed E-state index contributed by atoms with van der Waals surface area (Å²) < 4.78 is 0. The van der Waals surface area contributed by atoms with Crippen LogP contribution >= 0.6 is 22.9 Å². The molecule has 0 bridgehead atoms. The molecular weight excluding hydrogens is 396 g/mol. The topological polar surface area (TPSA) is 70.5 Å². The first-order valence-electron chi connectivity index (χ1n) is 9.21. The average Bonchev–Trinajstić information content (AvgIpc) is 3.13. The third-order valence-corrected chi connectivity index (χ3v) is 5.80. The largest absolute Gasteiger partial charge is 0.481 e. The van der Waals surface area contributed by atoms with Crippen LogP contribution in [0, 0.1) is 11.8 Å². The smallest absolute Gasteiger partial charge is 0.303 e. The molecule has 0 spiro atoms. The summed E-state index contributed by atoms with van der Waals surface area (Å²) in [5.41, 5.74) is 1.58. The van der Waals surface area contributed by atoms with Crippen LogP contribution in [0.1, 0.15) is 33.1 Å². The number of halogens is 1. The molecule has 0 unspecified atom stereocenters. The Morgan fingerprint density at radius 3 is 2.71 bits per heavy atom. The molecule has 1 aromatic carbocycles. The summed E-state index contributed by atoms with van der Waals surface area (Å²) in [6.45, 7) is 4.62. The number of nitrogens with zero attached hydrogens (tertiary/aromatic N) is 2. The van der Waals surface area contributed by atoms with Crippen molar-refractivity contribution in [3.05, 3.63) is 46.8 Å².